The van der Waals surface area contributed by atoms with Gasteiger partial charge in [-0.05, 0) is 26.3 Å². The summed E-state index contributed by atoms with van der Waals surface area (Å²) in [5, 5.41) is 3.32. The molecule has 0 aromatic heterocycles. The maximum absolute atomic E-state index is 12.3. The van der Waals surface area contributed by atoms with Crippen LogP contribution in [0.2, 0.25) is 0 Å². The molecule has 0 bridgehead atoms. The fourth-order valence-corrected chi connectivity index (χ4v) is 3.48. The van der Waals surface area contributed by atoms with Crippen molar-refractivity contribution < 1.29 is 9.00 Å². The van der Waals surface area contributed by atoms with Crippen molar-refractivity contribution in [1.29, 1.82) is 0 Å². The van der Waals surface area contributed by atoms with Gasteiger partial charge in [0, 0.05) is 28.9 Å². The van der Waals surface area contributed by atoms with E-state index in [0.29, 0.717) is 5.75 Å². The van der Waals surface area contributed by atoms with Crippen molar-refractivity contribution in [3.05, 3.63) is 35.4 Å². The molecule has 0 aliphatic carbocycles. The van der Waals surface area contributed by atoms with E-state index in [9.17, 15) is 9.00 Å². The molecule has 4 atom stereocenters. The molecule has 1 amide bonds. The summed E-state index contributed by atoms with van der Waals surface area (Å²) in [5.41, 5.74) is 2.27. The van der Waals surface area contributed by atoms with Crippen LogP contribution in [0.1, 0.15) is 31.1 Å². The summed E-state index contributed by atoms with van der Waals surface area (Å²) in [4.78, 5) is 14.2. The highest BCUT2D eigenvalue weighted by Crippen LogP contribution is 2.27. The number of nitrogens with one attached hydrogen (secondary N) is 1. The zero-order valence-corrected chi connectivity index (χ0v) is 13.2. The molecule has 20 heavy (non-hydrogen) atoms. The fourth-order valence-electron chi connectivity index (χ4n) is 2.64. The van der Waals surface area contributed by atoms with Crippen molar-refractivity contribution >= 4 is 16.7 Å². The first-order chi connectivity index (χ1) is 9.40. The Labute approximate surface area is 123 Å². The summed E-state index contributed by atoms with van der Waals surface area (Å²) in [6.45, 7) is 5.87. The highest BCUT2D eigenvalue weighted by Gasteiger charge is 2.39. The molecule has 0 radical (unpaired) electrons. The van der Waals surface area contributed by atoms with E-state index in [2.05, 4.69) is 5.32 Å². The molecule has 1 N–H and O–H groups in total. The normalized spacial score (nSPS) is 25.8. The third kappa shape index (κ3) is 3.10. The molecule has 0 spiro atoms. The SMILES string of the molecule is Cc1ccc(C2NC(C)C(=O)N2C(C)CS(C)=O)cc1. The van der Waals surface area contributed by atoms with E-state index < -0.39 is 10.8 Å². The van der Waals surface area contributed by atoms with Crippen molar-refractivity contribution in [3.63, 3.8) is 0 Å². The lowest BCUT2D eigenvalue weighted by Crippen LogP contribution is -2.41. The second kappa shape index (κ2) is 6.06. The first-order valence-electron chi connectivity index (χ1n) is 6.85. The van der Waals surface area contributed by atoms with Gasteiger partial charge in [0.2, 0.25) is 5.91 Å². The molecule has 1 saturated heterocycles. The van der Waals surface area contributed by atoms with Crippen molar-refractivity contribution in [2.45, 2.75) is 39.0 Å². The van der Waals surface area contributed by atoms with Crippen LogP contribution >= 0.6 is 0 Å². The van der Waals surface area contributed by atoms with Gasteiger partial charge in [-0.25, -0.2) is 0 Å². The van der Waals surface area contributed by atoms with Crippen molar-refractivity contribution in [3.8, 4) is 0 Å². The molecule has 4 unspecified atom stereocenters. The largest absolute Gasteiger partial charge is 0.318 e. The van der Waals surface area contributed by atoms with Crippen LogP contribution in [0.5, 0.6) is 0 Å². The van der Waals surface area contributed by atoms with Crippen molar-refractivity contribution in [2.24, 2.45) is 0 Å². The molecule has 0 saturated carbocycles. The van der Waals surface area contributed by atoms with Crippen LogP contribution < -0.4 is 5.32 Å². The number of carbonyl (C=O) groups is 1. The van der Waals surface area contributed by atoms with E-state index in [-0.39, 0.29) is 24.2 Å². The van der Waals surface area contributed by atoms with E-state index >= 15 is 0 Å². The minimum atomic E-state index is -0.915. The van der Waals surface area contributed by atoms with Crippen LogP contribution in [0.4, 0.5) is 0 Å². The minimum Gasteiger partial charge on any atom is -0.318 e. The minimum absolute atomic E-state index is 0.0444. The second-order valence-electron chi connectivity index (χ2n) is 5.54. The molecule has 1 heterocycles. The Morgan fingerprint density at radius 2 is 1.95 bits per heavy atom. The molecular weight excluding hydrogens is 272 g/mol. The number of amides is 1. The number of benzene rings is 1. The molecule has 1 aliphatic heterocycles. The average molecular weight is 294 g/mol. The van der Waals surface area contributed by atoms with E-state index in [1.807, 2.05) is 49.9 Å². The lowest BCUT2D eigenvalue weighted by Gasteiger charge is -2.30. The maximum Gasteiger partial charge on any atom is 0.241 e. The Morgan fingerprint density at radius 1 is 1.35 bits per heavy atom. The Kier molecular flexibility index (Phi) is 4.60. The van der Waals surface area contributed by atoms with E-state index in [0.717, 1.165) is 5.56 Å². The number of hydrogen-bond donors (Lipinski definition) is 1. The Bertz CT molecular complexity index is 515. The van der Waals surface area contributed by atoms with Gasteiger partial charge in [0.1, 0.15) is 6.17 Å². The highest BCUT2D eigenvalue weighted by molar-refractivity contribution is 7.84. The molecule has 110 valence electrons. The molecule has 2 rings (SSSR count). The molecule has 5 heteroatoms. The van der Waals surface area contributed by atoms with E-state index in [1.54, 1.807) is 6.26 Å². The molecule has 1 fully saturated rings. The third-order valence-corrected chi connectivity index (χ3v) is 4.61. The van der Waals surface area contributed by atoms with Crippen molar-refractivity contribution in [2.75, 3.05) is 12.0 Å². The van der Waals surface area contributed by atoms with Crippen LogP contribution in [0, 0.1) is 6.92 Å². The summed E-state index contributed by atoms with van der Waals surface area (Å²) in [6.07, 6.45) is 1.55. The van der Waals surface area contributed by atoms with Gasteiger partial charge in [-0.3, -0.25) is 14.3 Å². The van der Waals surface area contributed by atoms with Gasteiger partial charge in [0.25, 0.3) is 0 Å². The van der Waals surface area contributed by atoms with E-state index in [4.69, 9.17) is 0 Å². The first-order valence-corrected chi connectivity index (χ1v) is 8.57. The van der Waals surface area contributed by atoms with Crippen LogP contribution in [-0.2, 0) is 15.6 Å². The van der Waals surface area contributed by atoms with Crippen LogP contribution in [0.3, 0.4) is 0 Å². The summed E-state index contributed by atoms with van der Waals surface area (Å²) in [7, 11) is -0.915. The molecule has 1 aromatic carbocycles. The summed E-state index contributed by atoms with van der Waals surface area (Å²) in [5.74, 6) is 0.580. The summed E-state index contributed by atoms with van der Waals surface area (Å²) >= 11 is 0. The lowest BCUT2D eigenvalue weighted by atomic mass is 10.1. The molecule has 4 nitrogen and oxygen atoms in total. The summed E-state index contributed by atoms with van der Waals surface area (Å²) in [6, 6.07) is 7.93. The zero-order valence-electron chi connectivity index (χ0n) is 12.4. The zero-order chi connectivity index (χ0) is 14.9. The van der Waals surface area contributed by atoms with Crippen LogP contribution in [-0.4, -0.2) is 39.1 Å². The first kappa shape index (κ1) is 15.2. The fraction of sp³-hybridized carbons (Fsp3) is 0.533. The van der Waals surface area contributed by atoms with Gasteiger partial charge in [0.15, 0.2) is 0 Å². The quantitative estimate of drug-likeness (QED) is 0.917. The van der Waals surface area contributed by atoms with Gasteiger partial charge in [-0.2, -0.15) is 0 Å². The number of carbonyl (C=O) groups excluding carboxylic acids is 1. The second-order valence-corrected chi connectivity index (χ2v) is 7.02. The topological polar surface area (TPSA) is 49.4 Å². The standard InChI is InChI=1S/C15H22N2O2S/c1-10-5-7-13(8-6-10)14-16-12(3)15(18)17(14)11(2)9-20(4)19/h5-8,11-12,14,16H,9H2,1-4H3. The van der Waals surface area contributed by atoms with Gasteiger partial charge in [-0.1, -0.05) is 29.8 Å². The third-order valence-electron chi connectivity index (χ3n) is 3.65. The average Bonchev–Trinajstić information content (AvgIpc) is 2.66. The van der Waals surface area contributed by atoms with Crippen molar-refractivity contribution in [1.82, 2.24) is 10.2 Å². The Morgan fingerprint density at radius 3 is 2.50 bits per heavy atom. The van der Waals surface area contributed by atoms with E-state index in [1.165, 1.54) is 5.56 Å². The smallest absolute Gasteiger partial charge is 0.241 e. The Hall–Kier alpha value is -1.20. The number of aryl methyl sites for hydroxylation is 1. The highest BCUT2D eigenvalue weighted by atomic mass is 32.2. The molecule has 1 aliphatic rings. The predicted molar refractivity (Wildman–Crippen MR) is 81.8 cm³/mol. The number of rotatable bonds is 4. The summed E-state index contributed by atoms with van der Waals surface area (Å²) < 4.78 is 11.4. The van der Waals surface area contributed by atoms with Gasteiger partial charge in [0.05, 0.1) is 6.04 Å². The number of hydrogen-bond acceptors (Lipinski definition) is 3. The molecule has 1 aromatic rings. The lowest BCUT2D eigenvalue weighted by molar-refractivity contribution is -0.131. The van der Waals surface area contributed by atoms with Gasteiger partial charge in [-0.15, -0.1) is 0 Å². The van der Waals surface area contributed by atoms with Gasteiger partial charge < -0.3 is 4.90 Å². The number of nitrogens with zero attached hydrogens (tertiary/aromatic N) is 1. The van der Waals surface area contributed by atoms with Gasteiger partial charge >= 0.3 is 0 Å². The molecular formula is C15H22N2O2S. The predicted octanol–water partition coefficient (Wildman–Crippen LogP) is 1.58. The van der Waals surface area contributed by atoms with Crippen LogP contribution in [0.15, 0.2) is 24.3 Å². The Balaban J connectivity index is 2.27. The van der Waals surface area contributed by atoms with Crippen LogP contribution in [0.25, 0.3) is 0 Å². The maximum atomic E-state index is 12.3. The monoisotopic (exact) mass is 294 g/mol.